The molecule has 140 valence electrons. The van der Waals surface area contributed by atoms with Gasteiger partial charge >= 0.3 is 0 Å². The Morgan fingerprint density at radius 3 is 2.76 bits per heavy atom. The van der Waals surface area contributed by atoms with Crippen LogP contribution in [0, 0.1) is 11.3 Å². The molecule has 2 saturated heterocycles. The second-order valence-corrected chi connectivity index (χ2v) is 8.42. The number of hydrogen-bond donors (Lipinski definition) is 0. The van der Waals surface area contributed by atoms with Crippen molar-refractivity contribution in [2.45, 2.75) is 25.8 Å². The Bertz CT molecular complexity index is 541. The molecule has 1 spiro atoms. The van der Waals surface area contributed by atoms with Crippen LogP contribution in [0.3, 0.4) is 0 Å². The van der Waals surface area contributed by atoms with Gasteiger partial charge in [-0.25, -0.2) is 0 Å². The van der Waals surface area contributed by atoms with E-state index in [0.717, 1.165) is 52.2 Å². The van der Waals surface area contributed by atoms with Gasteiger partial charge in [0.15, 0.2) is 0 Å². The fourth-order valence-corrected chi connectivity index (χ4v) is 5.18. The van der Waals surface area contributed by atoms with Crippen LogP contribution < -0.4 is 0 Å². The fourth-order valence-electron chi connectivity index (χ4n) is 4.43. The molecule has 0 N–H and O–H groups in total. The van der Waals surface area contributed by atoms with Gasteiger partial charge < -0.3 is 14.4 Å². The van der Waals surface area contributed by atoms with E-state index in [1.807, 2.05) is 16.2 Å². The Morgan fingerprint density at radius 1 is 1.32 bits per heavy atom. The van der Waals surface area contributed by atoms with Gasteiger partial charge in [0.05, 0.1) is 19.6 Å². The lowest BCUT2D eigenvalue weighted by Gasteiger charge is -2.42. The van der Waals surface area contributed by atoms with Crippen molar-refractivity contribution in [3.63, 3.8) is 0 Å². The van der Waals surface area contributed by atoms with E-state index in [1.165, 1.54) is 4.88 Å². The van der Waals surface area contributed by atoms with Crippen LogP contribution in [-0.4, -0.2) is 69.3 Å². The van der Waals surface area contributed by atoms with Crippen molar-refractivity contribution in [2.75, 3.05) is 53.6 Å². The summed E-state index contributed by atoms with van der Waals surface area (Å²) >= 11 is 1.83. The highest BCUT2D eigenvalue weighted by molar-refractivity contribution is 7.09. The molecule has 6 heteroatoms. The van der Waals surface area contributed by atoms with Gasteiger partial charge in [-0.05, 0) is 29.7 Å². The molecular formula is C19H30N2O3S. The summed E-state index contributed by atoms with van der Waals surface area (Å²) < 4.78 is 10.6. The Kier molecular flexibility index (Phi) is 6.49. The third-order valence-electron chi connectivity index (χ3n) is 5.84. The molecule has 1 atom stereocenters. The number of nitrogens with zero attached hydrogens (tertiary/aromatic N) is 2. The minimum Gasteiger partial charge on any atom is -0.384 e. The lowest BCUT2D eigenvalue weighted by Crippen LogP contribution is -2.47. The standard InChI is InChI=1S/C19H30N2O3S/c1-23-10-5-18(22)21-8-6-19(7-9-21)15-20(12-16(19)14-24-2)13-17-4-3-11-25-17/h3-4,11,16H,5-10,12-15H2,1-2H3/t16-/m0/s1. The molecule has 5 nitrogen and oxygen atoms in total. The first-order valence-corrected chi connectivity index (χ1v) is 10.1. The number of thiophene rings is 1. The summed E-state index contributed by atoms with van der Waals surface area (Å²) in [6, 6.07) is 4.35. The number of methoxy groups -OCH3 is 2. The van der Waals surface area contributed by atoms with Crippen molar-refractivity contribution in [1.29, 1.82) is 0 Å². The van der Waals surface area contributed by atoms with Crippen molar-refractivity contribution in [3.05, 3.63) is 22.4 Å². The number of likely N-dealkylation sites (tertiary alicyclic amines) is 2. The molecule has 2 aliphatic rings. The minimum absolute atomic E-state index is 0.230. The van der Waals surface area contributed by atoms with Crippen molar-refractivity contribution in [1.82, 2.24) is 9.80 Å². The smallest absolute Gasteiger partial charge is 0.224 e. The van der Waals surface area contributed by atoms with Crippen LogP contribution in [0.1, 0.15) is 24.1 Å². The summed E-state index contributed by atoms with van der Waals surface area (Å²) in [5.41, 5.74) is 0.297. The molecule has 0 radical (unpaired) electrons. The van der Waals surface area contributed by atoms with E-state index in [0.29, 0.717) is 24.4 Å². The number of piperidine rings is 1. The number of hydrogen-bond acceptors (Lipinski definition) is 5. The van der Waals surface area contributed by atoms with Gasteiger partial charge in [0.1, 0.15) is 0 Å². The van der Waals surface area contributed by atoms with Crippen LogP contribution in [0.5, 0.6) is 0 Å². The predicted octanol–water partition coefficient (Wildman–Crippen LogP) is 2.47. The van der Waals surface area contributed by atoms with E-state index >= 15 is 0 Å². The predicted molar refractivity (Wildman–Crippen MR) is 99.7 cm³/mol. The zero-order chi connectivity index (χ0) is 17.7. The maximum atomic E-state index is 12.3. The summed E-state index contributed by atoms with van der Waals surface area (Å²) in [4.78, 5) is 18.3. The maximum absolute atomic E-state index is 12.3. The van der Waals surface area contributed by atoms with Gasteiger partial charge in [-0.1, -0.05) is 6.07 Å². The van der Waals surface area contributed by atoms with E-state index in [1.54, 1.807) is 14.2 Å². The molecule has 0 bridgehead atoms. The van der Waals surface area contributed by atoms with Gasteiger partial charge in [0, 0.05) is 57.7 Å². The van der Waals surface area contributed by atoms with Crippen molar-refractivity contribution in [3.8, 4) is 0 Å². The second kappa shape index (κ2) is 8.62. The summed E-state index contributed by atoms with van der Waals surface area (Å²) in [5.74, 6) is 0.794. The number of ether oxygens (including phenoxy) is 2. The summed E-state index contributed by atoms with van der Waals surface area (Å²) in [6.45, 7) is 6.34. The third kappa shape index (κ3) is 4.42. The number of carbonyl (C=O) groups excluding carboxylic acids is 1. The SMILES string of the molecule is COCCC(=O)N1CCC2(CC1)CN(Cc1cccs1)C[C@H]2COC. The van der Waals surface area contributed by atoms with Crippen LogP contribution >= 0.6 is 11.3 Å². The molecule has 0 aromatic carbocycles. The normalized spacial score (nSPS) is 23.4. The highest BCUT2D eigenvalue weighted by Crippen LogP contribution is 2.45. The first-order chi connectivity index (χ1) is 12.2. The Morgan fingerprint density at radius 2 is 2.12 bits per heavy atom. The lowest BCUT2D eigenvalue weighted by molar-refractivity contribution is -0.135. The quantitative estimate of drug-likeness (QED) is 0.743. The summed E-state index contributed by atoms with van der Waals surface area (Å²) in [7, 11) is 3.45. The monoisotopic (exact) mass is 366 g/mol. The van der Waals surface area contributed by atoms with E-state index in [-0.39, 0.29) is 5.91 Å². The molecule has 1 amide bonds. The van der Waals surface area contributed by atoms with Crippen molar-refractivity contribution in [2.24, 2.45) is 11.3 Å². The van der Waals surface area contributed by atoms with Gasteiger partial charge in [0.25, 0.3) is 0 Å². The Balaban J connectivity index is 1.60. The Hall–Kier alpha value is -0.950. The van der Waals surface area contributed by atoms with Crippen LogP contribution in [0.25, 0.3) is 0 Å². The van der Waals surface area contributed by atoms with Crippen LogP contribution in [0.4, 0.5) is 0 Å². The molecule has 25 heavy (non-hydrogen) atoms. The second-order valence-electron chi connectivity index (χ2n) is 7.39. The van der Waals surface area contributed by atoms with E-state index < -0.39 is 0 Å². The summed E-state index contributed by atoms with van der Waals surface area (Å²) in [5, 5.41) is 2.15. The average Bonchev–Trinajstić information content (AvgIpc) is 3.23. The molecule has 3 rings (SSSR count). The molecule has 3 heterocycles. The zero-order valence-electron chi connectivity index (χ0n) is 15.4. The van der Waals surface area contributed by atoms with Crippen LogP contribution in [0.2, 0.25) is 0 Å². The number of carbonyl (C=O) groups is 1. The number of rotatable bonds is 7. The largest absolute Gasteiger partial charge is 0.384 e. The molecular weight excluding hydrogens is 336 g/mol. The third-order valence-corrected chi connectivity index (χ3v) is 6.70. The van der Waals surface area contributed by atoms with Gasteiger partial charge in [-0.15, -0.1) is 11.3 Å². The van der Waals surface area contributed by atoms with E-state index in [9.17, 15) is 4.79 Å². The first kappa shape index (κ1) is 18.8. The highest BCUT2D eigenvalue weighted by atomic mass is 32.1. The van der Waals surface area contributed by atoms with Gasteiger partial charge in [-0.2, -0.15) is 0 Å². The van der Waals surface area contributed by atoms with E-state index in [4.69, 9.17) is 9.47 Å². The topological polar surface area (TPSA) is 42.0 Å². The lowest BCUT2D eigenvalue weighted by atomic mass is 9.71. The summed E-state index contributed by atoms with van der Waals surface area (Å²) in [6.07, 6.45) is 2.66. The number of amides is 1. The van der Waals surface area contributed by atoms with E-state index in [2.05, 4.69) is 22.4 Å². The van der Waals surface area contributed by atoms with Crippen molar-refractivity contribution >= 4 is 17.2 Å². The molecule has 2 fully saturated rings. The van der Waals surface area contributed by atoms with Gasteiger partial charge in [-0.3, -0.25) is 9.69 Å². The van der Waals surface area contributed by atoms with Gasteiger partial charge in [0.2, 0.25) is 5.91 Å². The zero-order valence-corrected chi connectivity index (χ0v) is 16.2. The maximum Gasteiger partial charge on any atom is 0.224 e. The van der Waals surface area contributed by atoms with Crippen LogP contribution in [-0.2, 0) is 20.8 Å². The molecule has 2 aliphatic heterocycles. The first-order valence-electron chi connectivity index (χ1n) is 9.17. The molecule has 0 saturated carbocycles. The van der Waals surface area contributed by atoms with Crippen molar-refractivity contribution < 1.29 is 14.3 Å². The highest BCUT2D eigenvalue weighted by Gasteiger charge is 2.48. The molecule has 0 aliphatic carbocycles. The molecule has 1 aromatic heterocycles. The average molecular weight is 367 g/mol. The molecule has 0 unspecified atom stereocenters. The minimum atomic E-state index is 0.230. The molecule has 1 aromatic rings. The fraction of sp³-hybridized carbons (Fsp3) is 0.737. The van der Waals surface area contributed by atoms with Crippen LogP contribution in [0.15, 0.2) is 17.5 Å². The Labute approximate surface area is 154 Å².